The number of rotatable bonds is 5. The molecule has 0 unspecified atom stereocenters. The first-order chi connectivity index (χ1) is 10.2. The summed E-state index contributed by atoms with van der Waals surface area (Å²) in [5.41, 5.74) is -4.65. The van der Waals surface area contributed by atoms with Crippen molar-refractivity contribution in [2.24, 2.45) is 0 Å². The smallest absolute Gasteiger partial charge is 0.434 e. The molecule has 1 N–H and O–H groups in total. The normalized spacial score (nSPS) is 11.9. The Morgan fingerprint density at radius 3 is 2.23 bits per heavy atom. The molecular weight excluding hydrogens is 313 g/mol. The average molecular weight is 327 g/mol. The minimum absolute atomic E-state index is 0.171. The van der Waals surface area contributed by atoms with E-state index >= 15 is 0 Å². The van der Waals surface area contributed by atoms with Gasteiger partial charge < -0.3 is 9.84 Å². The number of pyridine rings is 1. The van der Waals surface area contributed by atoms with Crippen LogP contribution in [0.1, 0.15) is 53.1 Å². The first-order valence-electron chi connectivity index (χ1n) is 6.37. The van der Waals surface area contributed by atoms with Crippen LogP contribution in [0.15, 0.2) is 0 Å². The predicted octanol–water partition coefficient (Wildman–Crippen LogP) is 3.27. The van der Waals surface area contributed by atoms with Crippen LogP contribution in [0.25, 0.3) is 0 Å². The molecule has 0 fully saturated rings. The molecule has 9 heteroatoms. The van der Waals surface area contributed by atoms with E-state index in [9.17, 15) is 31.9 Å². The zero-order valence-electron chi connectivity index (χ0n) is 11.8. The van der Waals surface area contributed by atoms with Gasteiger partial charge in [0.25, 0.3) is 6.43 Å². The van der Waals surface area contributed by atoms with Crippen molar-refractivity contribution in [3.8, 4) is 0 Å². The molecule has 0 radical (unpaired) electrons. The van der Waals surface area contributed by atoms with Crippen molar-refractivity contribution >= 4 is 5.97 Å². The van der Waals surface area contributed by atoms with E-state index in [1.54, 1.807) is 0 Å². The summed E-state index contributed by atoms with van der Waals surface area (Å²) in [6.07, 6.45) is -8.59. The molecule has 22 heavy (non-hydrogen) atoms. The average Bonchev–Trinajstić information content (AvgIpc) is 2.43. The van der Waals surface area contributed by atoms with E-state index in [-0.39, 0.29) is 18.6 Å². The topological polar surface area (TPSA) is 59.4 Å². The van der Waals surface area contributed by atoms with E-state index in [1.807, 2.05) is 0 Å². The Hall–Kier alpha value is -1.77. The summed E-state index contributed by atoms with van der Waals surface area (Å²) in [5.74, 6) is -1.31. The van der Waals surface area contributed by atoms with Gasteiger partial charge in [-0.2, -0.15) is 13.2 Å². The Labute approximate surface area is 122 Å². The van der Waals surface area contributed by atoms with Gasteiger partial charge in [0.2, 0.25) is 0 Å². The minimum Gasteiger partial charge on any atom is -0.462 e. The zero-order valence-corrected chi connectivity index (χ0v) is 11.8. The quantitative estimate of drug-likeness (QED) is 0.666. The third-order valence-corrected chi connectivity index (χ3v) is 2.91. The Morgan fingerprint density at radius 2 is 1.86 bits per heavy atom. The summed E-state index contributed by atoms with van der Waals surface area (Å²) in [5, 5.41) is 9.20. The molecule has 1 heterocycles. The van der Waals surface area contributed by atoms with Crippen molar-refractivity contribution < 1.29 is 36.6 Å². The fourth-order valence-electron chi connectivity index (χ4n) is 2.07. The molecule has 0 atom stereocenters. The van der Waals surface area contributed by atoms with Gasteiger partial charge in [0.15, 0.2) is 5.69 Å². The maximum absolute atomic E-state index is 13.1. The lowest BCUT2D eigenvalue weighted by molar-refractivity contribution is -0.142. The van der Waals surface area contributed by atoms with Gasteiger partial charge in [-0.25, -0.2) is 18.6 Å². The number of alkyl halides is 5. The number of carbonyl (C=O) groups is 1. The highest BCUT2D eigenvalue weighted by molar-refractivity contribution is 5.93. The number of hydrogen-bond acceptors (Lipinski definition) is 4. The fraction of sp³-hybridized carbons (Fsp3) is 0.538. The van der Waals surface area contributed by atoms with Crippen molar-refractivity contribution in [3.05, 3.63) is 28.1 Å². The Balaban J connectivity index is 3.80. The molecule has 1 rings (SSSR count). The van der Waals surface area contributed by atoms with Gasteiger partial charge in [0.05, 0.1) is 18.8 Å². The van der Waals surface area contributed by atoms with Crippen LogP contribution >= 0.6 is 0 Å². The molecule has 0 saturated carbocycles. The van der Waals surface area contributed by atoms with Crippen LogP contribution in [-0.2, 0) is 23.9 Å². The SMILES string of the molecule is CCOC(=O)c1c(C(F)(F)F)nc(C(F)F)c(CO)c1CC. The van der Waals surface area contributed by atoms with Crippen LogP contribution in [0, 0.1) is 0 Å². The van der Waals surface area contributed by atoms with E-state index in [1.165, 1.54) is 13.8 Å². The van der Waals surface area contributed by atoms with Gasteiger partial charge in [0, 0.05) is 5.56 Å². The molecule has 0 aliphatic heterocycles. The number of ether oxygens (including phenoxy) is 1. The minimum atomic E-state index is -5.11. The largest absolute Gasteiger partial charge is 0.462 e. The van der Waals surface area contributed by atoms with Gasteiger partial charge in [0.1, 0.15) is 5.69 Å². The van der Waals surface area contributed by atoms with Crippen molar-refractivity contribution in [2.45, 2.75) is 39.5 Å². The van der Waals surface area contributed by atoms with E-state index in [2.05, 4.69) is 9.72 Å². The highest BCUT2D eigenvalue weighted by atomic mass is 19.4. The van der Waals surface area contributed by atoms with Crippen LogP contribution < -0.4 is 0 Å². The Morgan fingerprint density at radius 1 is 1.27 bits per heavy atom. The summed E-state index contributed by atoms with van der Waals surface area (Å²) < 4.78 is 69.6. The molecule has 0 amide bonds. The summed E-state index contributed by atoms with van der Waals surface area (Å²) in [4.78, 5) is 14.7. The zero-order chi connectivity index (χ0) is 17.1. The summed E-state index contributed by atoms with van der Waals surface area (Å²) in [6.45, 7) is 1.63. The number of aliphatic hydroxyl groups excluding tert-OH is 1. The van der Waals surface area contributed by atoms with E-state index in [4.69, 9.17) is 0 Å². The molecule has 0 bridgehead atoms. The second-order valence-electron chi connectivity index (χ2n) is 4.21. The van der Waals surface area contributed by atoms with Gasteiger partial charge >= 0.3 is 12.1 Å². The highest BCUT2D eigenvalue weighted by Crippen LogP contribution is 2.37. The second kappa shape index (κ2) is 6.99. The molecule has 4 nitrogen and oxygen atoms in total. The maximum Gasteiger partial charge on any atom is 0.434 e. The number of aliphatic hydroxyl groups is 1. The van der Waals surface area contributed by atoms with Crippen molar-refractivity contribution in [2.75, 3.05) is 6.61 Å². The molecule has 0 aliphatic carbocycles. The van der Waals surface area contributed by atoms with Crippen LogP contribution in [-0.4, -0.2) is 22.7 Å². The lowest BCUT2D eigenvalue weighted by atomic mass is 9.96. The number of hydrogen-bond donors (Lipinski definition) is 1. The van der Waals surface area contributed by atoms with E-state index in [0.29, 0.717) is 0 Å². The van der Waals surface area contributed by atoms with Crippen molar-refractivity contribution in [3.63, 3.8) is 0 Å². The molecular formula is C13H14F5NO3. The first kappa shape index (κ1) is 18.3. The number of aromatic nitrogens is 1. The molecule has 0 aromatic carbocycles. The first-order valence-corrected chi connectivity index (χ1v) is 6.37. The van der Waals surface area contributed by atoms with Gasteiger partial charge in [-0.3, -0.25) is 0 Å². The monoisotopic (exact) mass is 327 g/mol. The summed E-state index contributed by atoms with van der Waals surface area (Å²) in [6, 6.07) is 0. The maximum atomic E-state index is 13.1. The molecule has 1 aromatic rings. The summed E-state index contributed by atoms with van der Waals surface area (Å²) >= 11 is 0. The van der Waals surface area contributed by atoms with Crippen molar-refractivity contribution in [1.82, 2.24) is 4.98 Å². The molecule has 1 aromatic heterocycles. The van der Waals surface area contributed by atoms with Crippen LogP contribution in [0.2, 0.25) is 0 Å². The third-order valence-electron chi connectivity index (χ3n) is 2.91. The molecule has 0 aliphatic rings. The number of carbonyl (C=O) groups excluding carboxylic acids is 1. The van der Waals surface area contributed by atoms with Crippen LogP contribution in [0.5, 0.6) is 0 Å². The molecule has 124 valence electrons. The number of nitrogens with zero attached hydrogens (tertiary/aromatic N) is 1. The van der Waals surface area contributed by atoms with Gasteiger partial charge in [-0.05, 0) is 18.9 Å². The fourth-order valence-corrected chi connectivity index (χ4v) is 2.07. The lowest BCUT2D eigenvalue weighted by Gasteiger charge is -2.19. The lowest BCUT2D eigenvalue weighted by Crippen LogP contribution is -2.23. The molecule has 0 saturated heterocycles. The molecule has 0 spiro atoms. The van der Waals surface area contributed by atoms with Crippen LogP contribution in [0.4, 0.5) is 22.0 Å². The second-order valence-corrected chi connectivity index (χ2v) is 4.21. The van der Waals surface area contributed by atoms with Crippen molar-refractivity contribution in [1.29, 1.82) is 0 Å². The predicted molar refractivity (Wildman–Crippen MR) is 65.5 cm³/mol. The van der Waals surface area contributed by atoms with Gasteiger partial charge in [-0.15, -0.1) is 0 Å². The van der Waals surface area contributed by atoms with Crippen LogP contribution in [0.3, 0.4) is 0 Å². The number of esters is 1. The standard InChI is InChI=1S/C13H14F5NO3/c1-3-6-7(5-20)9(11(14)15)19-10(13(16,17)18)8(6)12(21)22-4-2/h11,20H,3-5H2,1-2H3. The Kier molecular flexibility index (Phi) is 5.81. The Bertz CT molecular complexity index is 558. The number of halogens is 5. The summed E-state index contributed by atoms with van der Waals surface area (Å²) in [7, 11) is 0. The van der Waals surface area contributed by atoms with Gasteiger partial charge in [-0.1, -0.05) is 6.92 Å². The van der Waals surface area contributed by atoms with E-state index in [0.717, 1.165) is 0 Å². The van der Waals surface area contributed by atoms with E-state index < -0.39 is 47.7 Å². The third kappa shape index (κ3) is 3.52. The highest BCUT2D eigenvalue weighted by Gasteiger charge is 2.41.